The van der Waals surface area contributed by atoms with Gasteiger partial charge < -0.3 is 9.73 Å². The van der Waals surface area contributed by atoms with Crippen LogP contribution < -0.4 is 5.32 Å². The number of benzene rings is 5. The number of aliphatic imine (C=N–C) groups is 2. The number of hydrogen-bond donors (Lipinski definition) is 1. The molecule has 0 saturated carbocycles. The molecule has 7 rings (SSSR count). The molecular formula is C32H22N4O. The van der Waals surface area contributed by atoms with E-state index in [4.69, 9.17) is 19.4 Å². The second-order valence-electron chi connectivity index (χ2n) is 8.97. The Kier molecular flexibility index (Phi) is 5.10. The lowest BCUT2D eigenvalue weighted by atomic mass is 10.0. The van der Waals surface area contributed by atoms with Crippen molar-refractivity contribution in [1.29, 1.82) is 0 Å². The summed E-state index contributed by atoms with van der Waals surface area (Å²) in [5.74, 6) is 2.12. The first-order chi connectivity index (χ1) is 18.3. The van der Waals surface area contributed by atoms with Crippen LogP contribution in [0.4, 0.5) is 0 Å². The number of nitrogens with zero attached hydrogens (tertiary/aromatic N) is 3. The van der Waals surface area contributed by atoms with E-state index in [2.05, 4.69) is 41.7 Å². The summed E-state index contributed by atoms with van der Waals surface area (Å²) < 4.78 is 6.07. The average Bonchev–Trinajstić information content (AvgIpc) is 3.43. The molecule has 0 bridgehead atoms. The highest BCUT2D eigenvalue weighted by Gasteiger charge is 2.21. The minimum Gasteiger partial charge on any atom is -0.436 e. The zero-order valence-corrected chi connectivity index (χ0v) is 19.9. The quantitative estimate of drug-likeness (QED) is 0.293. The third kappa shape index (κ3) is 3.96. The van der Waals surface area contributed by atoms with Crippen molar-refractivity contribution >= 4 is 33.5 Å². The van der Waals surface area contributed by atoms with Gasteiger partial charge >= 0.3 is 0 Å². The number of nitrogens with one attached hydrogen (secondary N) is 1. The Morgan fingerprint density at radius 1 is 0.649 bits per heavy atom. The predicted molar refractivity (Wildman–Crippen MR) is 149 cm³/mol. The van der Waals surface area contributed by atoms with Crippen LogP contribution in [0.3, 0.4) is 0 Å². The standard InChI is InChI=1S/C32H22N4O/c1-4-10-21(11-5-1)29-34-30(22-12-6-2-7-13-22)36-31(35-29)25-16-18-26-24(20-25)17-19-27-28(26)33-32(37-27)23-14-8-3-9-15-23/h1-20,29H,(H,34,35,36). The normalized spacial score (nSPS) is 15.3. The molecule has 0 saturated heterocycles. The molecule has 6 aromatic rings. The minimum atomic E-state index is -0.231. The molecule has 37 heavy (non-hydrogen) atoms. The Morgan fingerprint density at radius 2 is 1.35 bits per heavy atom. The molecule has 0 fully saturated rings. The van der Waals surface area contributed by atoms with Crippen LogP contribution >= 0.6 is 0 Å². The summed E-state index contributed by atoms with van der Waals surface area (Å²) in [6, 6.07) is 40.7. The fraction of sp³-hybridized carbons (Fsp3) is 0.0312. The number of amidine groups is 2. The zero-order chi connectivity index (χ0) is 24.6. The number of fused-ring (bicyclic) bond motifs is 3. The number of rotatable bonds is 4. The lowest BCUT2D eigenvalue weighted by Gasteiger charge is -2.23. The highest BCUT2D eigenvalue weighted by atomic mass is 16.3. The van der Waals surface area contributed by atoms with Crippen molar-refractivity contribution in [3.8, 4) is 11.5 Å². The first-order valence-electron chi connectivity index (χ1n) is 12.2. The largest absolute Gasteiger partial charge is 0.436 e. The molecule has 5 heteroatoms. The van der Waals surface area contributed by atoms with Gasteiger partial charge in [0.2, 0.25) is 5.89 Å². The van der Waals surface area contributed by atoms with Gasteiger partial charge in [0.1, 0.15) is 17.5 Å². The Hall–Kier alpha value is -5.03. The smallest absolute Gasteiger partial charge is 0.227 e. The first-order valence-corrected chi connectivity index (χ1v) is 12.2. The fourth-order valence-electron chi connectivity index (χ4n) is 4.69. The van der Waals surface area contributed by atoms with Gasteiger partial charge in [-0.3, -0.25) is 0 Å². The van der Waals surface area contributed by atoms with Crippen molar-refractivity contribution in [3.63, 3.8) is 0 Å². The lowest BCUT2D eigenvalue weighted by Crippen LogP contribution is -2.33. The highest BCUT2D eigenvalue weighted by molar-refractivity contribution is 6.15. The molecule has 0 radical (unpaired) electrons. The van der Waals surface area contributed by atoms with Gasteiger partial charge in [-0.05, 0) is 35.2 Å². The van der Waals surface area contributed by atoms with Crippen LogP contribution in [0, 0.1) is 0 Å². The lowest BCUT2D eigenvalue weighted by molar-refractivity contribution is 0.620. The fourth-order valence-corrected chi connectivity index (χ4v) is 4.69. The molecule has 2 heterocycles. The minimum absolute atomic E-state index is 0.231. The van der Waals surface area contributed by atoms with Crippen LogP contribution in [0.25, 0.3) is 33.3 Å². The maximum absolute atomic E-state index is 6.07. The third-order valence-corrected chi connectivity index (χ3v) is 6.56. The second kappa shape index (κ2) is 8.88. The number of oxazole rings is 1. The Labute approximate surface area is 213 Å². The summed E-state index contributed by atoms with van der Waals surface area (Å²) in [4.78, 5) is 14.7. The van der Waals surface area contributed by atoms with Gasteiger partial charge in [-0.25, -0.2) is 15.0 Å². The van der Waals surface area contributed by atoms with Crippen molar-refractivity contribution < 1.29 is 4.42 Å². The third-order valence-electron chi connectivity index (χ3n) is 6.56. The van der Waals surface area contributed by atoms with Crippen molar-refractivity contribution in [2.75, 3.05) is 0 Å². The summed E-state index contributed by atoms with van der Waals surface area (Å²) >= 11 is 0. The molecule has 1 unspecified atom stereocenters. The van der Waals surface area contributed by atoms with Crippen LogP contribution in [0.2, 0.25) is 0 Å². The van der Waals surface area contributed by atoms with Crippen LogP contribution in [0.15, 0.2) is 136 Å². The number of hydrogen-bond acceptors (Lipinski definition) is 5. The van der Waals surface area contributed by atoms with E-state index in [1.54, 1.807) is 0 Å². The average molecular weight is 479 g/mol. The van der Waals surface area contributed by atoms with E-state index in [-0.39, 0.29) is 6.17 Å². The molecule has 0 spiro atoms. The Balaban J connectivity index is 1.31. The van der Waals surface area contributed by atoms with Crippen molar-refractivity contribution in [2.24, 2.45) is 9.98 Å². The Bertz CT molecular complexity index is 1790. The van der Waals surface area contributed by atoms with E-state index in [1.807, 2.05) is 84.9 Å². The van der Waals surface area contributed by atoms with Gasteiger partial charge in [0.25, 0.3) is 0 Å². The van der Waals surface area contributed by atoms with Gasteiger partial charge in [0, 0.05) is 22.1 Å². The second-order valence-corrected chi connectivity index (χ2v) is 8.97. The first kappa shape index (κ1) is 21.3. The summed E-state index contributed by atoms with van der Waals surface area (Å²) in [7, 11) is 0. The maximum atomic E-state index is 6.07. The topological polar surface area (TPSA) is 62.8 Å². The molecule has 0 amide bonds. The van der Waals surface area contributed by atoms with Crippen molar-refractivity contribution in [2.45, 2.75) is 6.17 Å². The molecule has 1 atom stereocenters. The SMILES string of the molecule is c1ccc(C2=NC(c3ccccc3)NC(c3ccc4c(ccc5oc(-c6ccccc6)nc54)c3)=N2)cc1. The van der Waals surface area contributed by atoms with Gasteiger partial charge in [0.05, 0.1) is 0 Å². The molecule has 1 aromatic heterocycles. The molecule has 1 N–H and O–H groups in total. The molecular weight excluding hydrogens is 456 g/mol. The summed E-state index contributed by atoms with van der Waals surface area (Å²) in [6.45, 7) is 0. The van der Waals surface area contributed by atoms with E-state index in [9.17, 15) is 0 Å². The molecule has 5 aromatic carbocycles. The van der Waals surface area contributed by atoms with Crippen molar-refractivity contribution in [1.82, 2.24) is 10.3 Å². The van der Waals surface area contributed by atoms with Crippen LogP contribution in [0.1, 0.15) is 22.9 Å². The van der Waals surface area contributed by atoms with Crippen LogP contribution in [-0.2, 0) is 0 Å². The maximum Gasteiger partial charge on any atom is 0.227 e. The van der Waals surface area contributed by atoms with Gasteiger partial charge in [-0.2, -0.15) is 0 Å². The Morgan fingerprint density at radius 3 is 2.11 bits per heavy atom. The van der Waals surface area contributed by atoms with E-state index >= 15 is 0 Å². The zero-order valence-electron chi connectivity index (χ0n) is 19.9. The molecule has 5 nitrogen and oxygen atoms in total. The highest BCUT2D eigenvalue weighted by Crippen LogP contribution is 2.31. The molecule has 0 aliphatic carbocycles. The van der Waals surface area contributed by atoms with Crippen LogP contribution in [0.5, 0.6) is 0 Å². The van der Waals surface area contributed by atoms with E-state index < -0.39 is 0 Å². The molecule has 176 valence electrons. The van der Waals surface area contributed by atoms with Crippen LogP contribution in [-0.4, -0.2) is 16.7 Å². The molecule has 1 aliphatic heterocycles. The monoisotopic (exact) mass is 478 g/mol. The predicted octanol–water partition coefficient (Wildman–Crippen LogP) is 7.14. The van der Waals surface area contributed by atoms with E-state index in [0.717, 1.165) is 50.0 Å². The summed E-state index contributed by atoms with van der Waals surface area (Å²) in [6.07, 6.45) is -0.231. The summed E-state index contributed by atoms with van der Waals surface area (Å²) in [5.41, 5.74) is 5.65. The number of aromatic nitrogens is 1. The van der Waals surface area contributed by atoms with E-state index in [1.165, 1.54) is 0 Å². The van der Waals surface area contributed by atoms with E-state index in [0.29, 0.717) is 11.7 Å². The van der Waals surface area contributed by atoms with Crippen molar-refractivity contribution in [3.05, 3.63) is 138 Å². The van der Waals surface area contributed by atoms with Gasteiger partial charge in [-0.15, -0.1) is 0 Å². The summed E-state index contributed by atoms with van der Waals surface area (Å²) in [5, 5.41) is 5.66. The van der Waals surface area contributed by atoms with Gasteiger partial charge in [-0.1, -0.05) is 97.1 Å². The molecule has 1 aliphatic rings. The van der Waals surface area contributed by atoms with Gasteiger partial charge in [0.15, 0.2) is 11.4 Å².